The van der Waals surface area contributed by atoms with E-state index >= 15 is 0 Å². The minimum atomic E-state index is -0.193. The van der Waals surface area contributed by atoms with Crippen LogP contribution < -0.4 is 5.32 Å². The predicted molar refractivity (Wildman–Crippen MR) is 97.6 cm³/mol. The summed E-state index contributed by atoms with van der Waals surface area (Å²) >= 11 is 18.3. The van der Waals surface area contributed by atoms with Gasteiger partial charge in [0.05, 0.1) is 22.3 Å². The number of nitrogens with zero attached hydrogens (tertiary/aromatic N) is 1. The van der Waals surface area contributed by atoms with Crippen molar-refractivity contribution >= 4 is 46.4 Å². The maximum Gasteiger partial charge on any atom is 0.238 e. The highest BCUT2D eigenvalue weighted by Gasteiger charge is 2.18. The largest absolute Gasteiger partial charge is 0.322 e. The standard InChI is InChI=1S/C17H17Cl3N2O/c1-11(12-6-3-4-7-13(12)18)22(2)10-16(23)21-17-14(19)8-5-9-15(17)20/h3-9,11H,10H2,1-2H3,(H,21,23)/t11-/m1/s1. The lowest BCUT2D eigenvalue weighted by Gasteiger charge is -2.25. The molecule has 2 aromatic carbocycles. The first-order chi connectivity index (χ1) is 10.9. The summed E-state index contributed by atoms with van der Waals surface area (Å²) in [6.45, 7) is 2.19. The molecule has 122 valence electrons. The number of anilines is 1. The summed E-state index contributed by atoms with van der Waals surface area (Å²) in [7, 11) is 1.86. The normalized spacial score (nSPS) is 12.3. The molecule has 0 heterocycles. The molecule has 0 aromatic heterocycles. The van der Waals surface area contributed by atoms with Crippen molar-refractivity contribution in [3.63, 3.8) is 0 Å². The van der Waals surface area contributed by atoms with Gasteiger partial charge in [-0.25, -0.2) is 0 Å². The highest BCUT2D eigenvalue weighted by molar-refractivity contribution is 6.39. The molecule has 0 saturated heterocycles. The molecule has 2 rings (SSSR count). The number of benzene rings is 2. The minimum Gasteiger partial charge on any atom is -0.322 e. The third-order valence-corrected chi connectivity index (χ3v) is 4.61. The van der Waals surface area contributed by atoms with E-state index in [9.17, 15) is 4.79 Å². The number of halogens is 3. The molecule has 0 aliphatic carbocycles. The molecule has 23 heavy (non-hydrogen) atoms. The van der Waals surface area contributed by atoms with Crippen LogP contribution in [-0.2, 0) is 4.79 Å². The quantitative estimate of drug-likeness (QED) is 0.775. The Kier molecular flexibility index (Phi) is 6.31. The van der Waals surface area contributed by atoms with E-state index in [-0.39, 0.29) is 18.5 Å². The zero-order chi connectivity index (χ0) is 17.0. The maximum absolute atomic E-state index is 12.2. The van der Waals surface area contributed by atoms with Crippen molar-refractivity contribution in [3.05, 3.63) is 63.1 Å². The van der Waals surface area contributed by atoms with Crippen LogP contribution in [0.15, 0.2) is 42.5 Å². The monoisotopic (exact) mass is 370 g/mol. The van der Waals surface area contributed by atoms with Gasteiger partial charge < -0.3 is 5.32 Å². The molecule has 0 bridgehead atoms. The first kappa shape index (κ1) is 18.1. The van der Waals surface area contributed by atoms with Crippen LogP contribution in [0.25, 0.3) is 0 Å². The molecule has 0 unspecified atom stereocenters. The maximum atomic E-state index is 12.2. The average molecular weight is 372 g/mol. The molecule has 0 aliphatic rings. The van der Waals surface area contributed by atoms with E-state index in [1.54, 1.807) is 18.2 Å². The zero-order valence-corrected chi connectivity index (χ0v) is 15.1. The number of carbonyl (C=O) groups is 1. The lowest BCUT2D eigenvalue weighted by molar-refractivity contribution is -0.117. The summed E-state index contributed by atoms with van der Waals surface area (Å²) in [5.41, 5.74) is 1.40. The van der Waals surface area contributed by atoms with Crippen LogP contribution in [-0.4, -0.2) is 24.4 Å². The third kappa shape index (κ3) is 4.61. The molecule has 0 spiro atoms. The van der Waals surface area contributed by atoms with Gasteiger partial charge in [-0.15, -0.1) is 0 Å². The second kappa shape index (κ2) is 8.02. The first-order valence-electron chi connectivity index (χ1n) is 7.08. The Bertz CT molecular complexity index is 686. The smallest absolute Gasteiger partial charge is 0.238 e. The van der Waals surface area contributed by atoms with E-state index in [4.69, 9.17) is 34.8 Å². The zero-order valence-electron chi connectivity index (χ0n) is 12.8. The number of carbonyl (C=O) groups excluding carboxylic acids is 1. The van der Waals surface area contributed by atoms with E-state index in [0.717, 1.165) is 5.56 Å². The van der Waals surface area contributed by atoms with Crippen LogP contribution in [0.5, 0.6) is 0 Å². The van der Waals surface area contributed by atoms with Crippen molar-refractivity contribution in [3.8, 4) is 0 Å². The topological polar surface area (TPSA) is 32.3 Å². The van der Waals surface area contributed by atoms with Gasteiger partial charge in [-0.05, 0) is 37.7 Å². The fourth-order valence-corrected chi connectivity index (χ4v) is 3.00. The van der Waals surface area contributed by atoms with E-state index in [2.05, 4.69) is 5.32 Å². The van der Waals surface area contributed by atoms with Gasteiger partial charge in [0, 0.05) is 11.1 Å². The number of likely N-dealkylation sites (N-methyl/N-ethyl adjacent to an activating group) is 1. The third-order valence-electron chi connectivity index (χ3n) is 3.64. The van der Waals surface area contributed by atoms with Gasteiger partial charge in [-0.3, -0.25) is 9.69 Å². The molecule has 1 amide bonds. The van der Waals surface area contributed by atoms with Crippen LogP contribution in [0.3, 0.4) is 0 Å². The Balaban J connectivity index is 2.04. The van der Waals surface area contributed by atoms with Crippen molar-refractivity contribution in [1.29, 1.82) is 0 Å². The Morgan fingerprint density at radius 2 is 1.61 bits per heavy atom. The Morgan fingerprint density at radius 1 is 1.04 bits per heavy atom. The number of hydrogen-bond acceptors (Lipinski definition) is 2. The molecule has 1 N–H and O–H groups in total. The number of hydrogen-bond donors (Lipinski definition) is 1. The SMILES string of the molecule is C[C@H](c1ccccc1Cl)N(C)CC(=O)Nc1c(Cl)cccc1Cl. The van der Waals surface area contributed by atoms with E-state index in [1.165, 1.54) is 0 Å². The lowest BCUT2D eigenvalue weighted by atomic mass is 10.1. The molecule has 0 saturated carbocycles. The van der Waals surface area contributed by atoms with Crippen molar-refractivity contribution in [2.24, 2.45) is 0 Å². The number of nitrogens with one attached hydrogen (secondary N) is 1. The lowest BCUT2D eigenvalue weighted by Crippen LogP contribution is -2.32. The summed E-state index contributed by atoms with van der Waals surface area (Å²) < 4.78 is 0. The fourth-order valence-electron chi connectivity index (χ4n) is 2.21. The van der Waals surface area contributed by atoms with Gasteiger partial charge >= 0.3 is 0 Å². The molecular formula is C17H17Cl3N2O. The Labute approximate surface area is 151 Å². The number of amides is 1. The molecule has 1 atom stereocenters. The van der Waals surface area contributed by atoms with Crippen LogP contribution in [0, 0.1) is 0 Å². The highest BCUT2D eigenvalue weighted by Crippen LogP contribution is 2.30. The Morgan fingerprint density at radius 3 is 2.22 bits per heavy atom. The summed E-state index contributed by atoms with van der Waals surface area (Å²) in [4.78, 5) is 14.1. The fraction of sp³-hybridized carbons (Fsp3) is 0.235. The van der Waals surface area contributed by atoms with Gasteiger partial charge in [-0.2, -0.15) is 0 Å². The molecule has 0 radical (unpaired) electrons. The molecular weight excluding hydrogens is 355 g/mol. The van der Waals surface area contributed by atoms with Crippen molar-refractivity contribution in [2.45, 2.75) is 13.0 Å². The van der Waals surface area contributed by atoms with E-state index in [1.807, 2.05) is 43.1 Å². The summed E-state index contributed by atoms with van der Waals surface area (Å²) in [6, 6.07) is 12.7. The summed E-state index contributed by atoms with van der Waals surface area (Å²) in [5, 5.41) is 4.25. The highest BCUT2D eigenvalue weighted by atomic mass is 35.5. The van der Waals surface area contributed by atoms with Crippen LogP contribution in [0.4, 0.5) is 5.69 Å². The Hall–Kier alpha value is -1.26. The molecule has 6 heteroatoms. The summed E-state index contributed by atoms with van der Waals surface area (Å²) in [6.07, 6.45) is 0. The predicted octanol–water partition coefficient (Wildman–Crippen LogP) is 5.28. The van der Waals surface area contributed by atoms with Gasteiger partial charge in [0.1, 0.15) is 0 Å². The molecule has 0 fully saturated rings. The number of rotatable bonds is 5. The molecule has 0 aliphatic heterocycles. The van der Waals surface area contributed by atoms with Crippen molar-refractivity contribution in [1.82, 2.24) is 4.90 Å². The van der Waals surface area contributed by atoms with Crippen LogP contribution in [0.1, 0.15) is 18.5 Å². The second-order valence-electron chi connectivity index (χ2n) is 5.26. The van der Waals surface area contributed by atoms with Crippen LogP contribution in [0.2, 0.25) is 15.1 Å². The van der Waals surface area contributed by atoms with Gasteiger partial charge in [0.25, 0.3) is 0 Å². The van der Waals surface area contributed by atoms with Crippen molar-refractivity contribution < 1.29 is 4.79 Å². The minimum absolute atomic E-state index is 0.00355. The van der Waals surface area contributed by atoms with Crippen molar-refractivity contribution in [2.75, 3.05) is 18.9 Å². The van der Waals surface area contributed by atoms with Gasteiger partial charge in [0.2, 0.25) is 5.91 Å². The van der Waals surface area contributed by atoms with Crippen LogP contribution >= 0.6 is 34.8 Å². The van der Waals surface area contributed by atoms with Gasteiger partial charge in [0.15, 0.2) is 0 Å². The second-order valence-corrected chi connectivity index (χ2v) is 6.48. The average Bonchev–Trinajstić information content (AvgIpc) is 2.51. The molecule has 2 aromatic rings. The van der Waals surface area contributed by atoms with E-state index in [0.29, 0.717) is 20.8 Å². The molecule has 3 nitrogen and oxygen atoms in total. The van der Waals surface area contributed by atoms with E-state index < -0.39 is 0 Å². The first-order valence-corrected chi connectivity index (χ1v) is 8.22. The van der Waals surface area contributed by atoms with Gasteiger partial charge in [-0.1, -0.05) is 59.1 Å². The summed E-state index contributed by atoms with van der Waals surface area (Å²) in [5.74, 6) is -0.193. The number of para-hydroxylation sites is 1.